The third-order valence-electron chi connectivity index (χ3n) is 2.17. The van der Waals surface area contributed by atoms with Crippen molar-refractivity contribution in [3.63, 3.8) is 0 Å². The van der Waals surface area contributed by atoms with Gasteiger partial charge in [-0.25, -0.2) is 0 Å². The lowest BCUT2D eigenvalue weighted by atomic mass is 10.1. The summed E-state index contributed by atoms with van der Waals surface area (Å²) in [4.78, 5) is 4.61. The van der Waals surface area contributed by atoms with Gasteiger partial charge in [0, 0.05) is 16.0 Å². The van der Waals surface area contributed by atoms with Gasteiger partial charge in [0.15, 0.2) is 5.17 Å². The molecule has 0 unspecified atom stereocenters. The number of hydrogen-bond donors (Lipinski definition) is 1. The smallest absolute Gasteiger partial charge is 0.157 e. The summed E-state index contributed by atoms with van der Waals surface area (Å²) in [5, 5.41) is 4.54. The van der Waals surface area contributed by atoms with Gasteiger partial charge >= 0.3 is 0 Å². The SMILES string of the molecule is CSC(C)(C)CN=C1NC(C)(C)CS1. The van der Waals surface area contributed by atoms with Gasteiger partial charge in [-0.05, 0) is 34.0 Å². The van der Waals surface area contributed by atoms with Crippen LogP contribution < -0.4 is 5.32 Å². The number of aliphatic imine (C=N–C) groups is 1. The second-order valence-electron chi connectivity index (χ2n) is 4.88. The molecule has 0 spiro atoms. The molecule has 2 nitrogen and oxygen atoms in total. The molecular weight excluding hydrogens is 212 g/mol. The van der Waals surface area contributed by atoms with Crippen molar-refractivity contribution in [1.82, 2.24) is 5.32 Å². The molecule has 4 heteroatoms. The summed E-state index contributed by atoms with van der Waals surface area (Å²) in [6.45, 7) is 9.77. The van der Waals surface area contributed by atoms with Gasteiger partial charge in [0.25, 0.3) is 0 Å². The van der Waals surface area contributed by atoms with Gasteiger partial charge in [0.05, 0.1) is 6.54 Å². The number of nitrogens with zero attached hydrogens (tertiary/aromatic N) is 1. The van der Waals surface area contributed by atoms with E-state index in [2.05, 4.69) is 44.3 Å². The van der Waals surface area contributed by atoms with E-state index in [1.165, 1.54) is 0 Å². The van der Waals surface area contributed by atoms with E-state index in [4.69, 9.17) is 0 Å². The zero-order valence-electron chi connectivity index (χ0n) is 9.68. The van der Waals surface area contributed by atoms with Crippen molar-refractivity contribution in [2.24, 2.45) is 4.99 Å². The van der Waals surface area contributed by atoms with Crippen molar-refractivity contribution in [1.29, 1.82) is 0 Å². The monoisotopic (exact) mass is 232 g/mol. The van der Waals surface area contributed by atoms with E-state index >= 15 is 0 Å². The molecule has 0 bridgehead atoms. The largest absolute Gasteiger partial charge is 0.359 e. The van der Waals surface area contributed by atoms with Crippen LogP contribution >= 0.6 is 23.5 Å². The highest BCUT2D eigenvalue weighted by Gasteiger charge is 2.27. The maximum atomic E-state index is 4.61. The molecule has 1 fully saturated rings. The number of hydrogen-bond acceptors (Lipinski definition) is 3. The fraction of sp³-hybridized carbons (Fsp3) is 0.900. The van der Waals surface area contributed by atoms with Crippen LogP contribution in [0.4, 0.5) is 0 Å². The van der Waals surface area contributed by atoms with Crippen molar-refractivity contribution in [3.8, 4) is 0 Å². The van der Waals surface area contributed by atoms with Crippen LogP contribution in [-0.4, -0.2) is 34.0 Å². The molecule has 82 valence electrons. The van der Waals surface area contributed by atoms with Crippen LogP contribution in [0.1, 0.15) is 27.7 Å². The second kappa shape index (κ2) is 4.35. The lowest BCUT2D eigenvalue weighted by Crippen LogP contribution is -2.37. The molecule has 1 saturated heterocycles. The number of nitrogens with one attached hydrogen (secondary N) is 1. The van der Waals surface area contributed by atoms with Crippen molar-refractivity contribution in [3.05, 3.63) is 0 Å². The summed E-state index contributed by atoms with van der Waals surface area (Å²) in [7, 11) is 0. The molecular formula is C10H20N2S2. The van der Waals surface area contributed by atoms with Crippen molar-refractivity contribution < 1.29 is 0 Å². The maximum absolute atomic E-state index is 4.61. The first-order valence-electron chi connectivity index (χ1n) is 4.85. The molecule has 0 amide bonds. The number of amidine groups is 1. The van der Waals surface area contributed by atoms with E-state index in [-0.39, 0.29) is 10.3 Å². The Morgan fingerprint density at radius 2 is 2.21 bits per heavy atom. The quantitative estimate of drug-likeness (QED) is 0.809. The Morgan fingerprint density at radius 3 is 2.64 bits per heavy atom. The Morgan fingerprint density at radius 1 is 1.57 bits per heavy atom. The van der Waals surface area contributed by atoms with Crippen LogP contribution in [0.15, 0.2) is 4.99 Å². The molecule has 0 radical (unpaired) electrons. The van der Waals surface area contributed by atoms with E-state index in [9.17, 15) is 0 Å². The van der Waals surface area contributed by atoms with Gasteiger partial charge in [-0.1, -0.05) is 11.8 Å². The first kappa shape index (κ1) is 12.2. The summed E-state index contributed by atoms with van der Waals surface area (Å²) >= 11 is 3.70. The van der Waals surface area contributed by atoms with Crippen LogP contribution in [0.3, 0.4) is 0 Å². The summed E-state index contributed by atoms with van der Waals surface area (Å²) in [5.74, 6) is 1.12. The van der Waals surface area contributed by atoms with Gasteiger partial charge in [-0.3, -0.25) is 4.99 Å². The van der Waals surface area contributed by atoms with Crippen molar-refractivity contribution in [2.75, 3.05) is 18.6 Å². The molecule has 0 aliphatic carbocycles. The third kappa shape index (κ3) is 3.73. The fourth-order valence-electron chi connectivity index (χ4n) is 1.02. The normalized spacial score (nSPS) is 23.9. The van der Waals surface area contributed by atoms with Crippen LogP contribution in [0.25, 0.3) is 0 Å². The zero-order chi connectivity index (χ0) is 10.8. The van der Waals surface area contributed by atoms with Crippen LogP contribution in [0.2, 0.25) is 0 Å². The lowest BCUT2D eigenvalue weighted by Gasteiger charge is -2.20. The Kier molecular flexibility index (Phi) is 3.81. The number of rotatable bonds is 3. The highest BCUT2D eigenvalue weighted by molar-refractivity contribution is 8.14. The molecule has 0 aromatic rings. The lowest BCUT2D eigenvalue weighted by molar-refractivity contribution is 0.535. The molecule has 0 saturated carbocycles. The van der Waals surface area contributed by atoms with E-state index in [0.717, 1.165) is 17.5 Å². The first-order valence-corrected chi connectivity index (χ1v) is 7.06. The average Bonchev–Trinajstić information content (AvgIpc) is 2.43. The van der Waals surface area contributed by atoms with Crippen LogP contribution in [-0.2, 0) is 0 Å². The average molecular weight is 232 g/mol. The molecule has 0 aromatic carbocycles. The van der Waals surface area contributed by atoms with Gasteiger partial charge < -0.3 is 5.32 Å². The van der Waals surface area contributed by atoms with Crippen molar-refractivity contribution in [2.45, 2.75) is 38.0 Å². The van der Waals surface area contributed by atoms with E-state index in [1.54, 1.807) is 0 Å². The minimum atomic E-state index is 0.215. The minimum absolute atomic E-state index is 0.215. The standard InChI is InChI=1S/C10H20N2S2/c1-9(2)7-14-8(12-9)11-6-10(3,4)13-5/h6-7H2,1-5H3,(H,11,12). The number of thioether (sulfide) groups is 2. The summed E-state index contributed by atoms with van der Waals surface area (Å²) < 4.78 is 0.252. The topological polar surface area (TPSA) is 24.4 Å². The maximum Gasteiger partial charge on any atom is 0.157 e. The molecule has 1 aliphatic heterocycles. The highest BCUT2D eigenvalue weighted by Crippen LogP contribution is 2.25. The molecule has 1 N–H and O–H groups in total. The third-order valence-corrected chi connectivity index (χ3v) is 4.78. The highest BCUT2D eigenvalue weighted by atomic mass is 32.2. The van der Waals surface area contributed by atoms with E-state index < -0.39 is 0 Å². The Hall–Kier alpha value is 0.170. The fourth-order valence-corrected chi connectivity index (χ4v) is 2.29. The Balaban J connectivity index is 2.48. The predicted molar refractivity (Wildman–Crippen MR) is 69.6 cm³/mol. The van der Waals surface area contributed by atoms with Crippen LogP contribution in [0, 0.1) is 0 Å². The van der Waals surface area contributed by atoms with Crippen LogP contribution in [0.5, 0.6) is 0 Å². The van der Waals surface area contributed by atoms with E-state index in [1.807, 2.05) is 23.5 Å². The summed E-state index contributed by atoms with van der Waals surface area (Å²) in [5.41, 5.74) is 0.215. The second-order valence-corrected chi connectivity index (χ2v) is 7.36. The van der Waals surface area contributed by atoms with E-state index in [0.29, 0.717) is 0 Å². The minimum Gasteiger partial charge on any atom is -0.359 e. The Labute approximate surface area is 95.7 Å². The first-order chi connectivity index (χ1) is 6.35. The molecule has 1 rings (SSSR count). The molecule has 0 aromatic heterocycles. The Bertz CT molecular complexity index is 234. The summed E-state index contributed by atoms with van der Waals surface area (Å²) in [6.07, 6.45) is 2.14. The van der Waals surface area contributed by atoms with Crippen molar-refractivity contribution >= 4 is 28.7 Å². The molecule has 14 heavy (non-hydrogen) atoms. The van der Waals surface area contributed by atoms with Gasteiger partial charge in [-0.2, -0.15) is 11.8 Å². The molecule has 1 heterocycles. The zero-order valence-corrected chi connectivity index (χ0v) is 11.3. The molecule has 1 aliphatic rings. The van der Waals surface area contributed by atoms with Gasteiger partial charge in [0.1, 0.15) is 0 Å². The van der Waals surface area contributed by atoms with Gasteiger partial charge in [-0.15, -0.1) is 0 Å². The molecule has 0 atom stereocenters. The van der Waals surface area contributed by atoms with Gasteiger partial charge in [0.2, 0.25) is 0 Å². The predicted octanol–water partition coefficient (Wildman–Crippen LogP) is 2.60. The summed E-state index contributed by atoms with van der Waals surface area (Å²) in [6, 6.07) is 0.